The summed E-state index contributed by atoms with van der Waals surface area (Å²) >= 11 is 1.60. The number of fused-ring (bicyclic) bond motifs is 1. The lowest BCUT2D eigenvalue weighted by molar-refractivity contribution is 1.13. The number of aromatic nitrogens is 3. The Bertz CT molecular complexity index is 1070. The van der Waals surface area contributed by atoms with Gasteiger partial charge in [0.2, 0.25) is 0 Å². The Morgan fingerprint density at radius 3 is 2.44 bits per heavy atom. The van der Waals surface area contributed by atoms with Crippen molar-refractivity contribution in [3.05, 3.63) is 59.2 Å². The third-order valence-corrected chi connectivity index (χ3v) is 5.08. The number of anilines is 3. The number of halogens is 1. The highest BCUT2D eigenvalue weighted by molar-refractivity contribution is 8.93. The normalized spacial score (nSPS) is 10.7. The molecule has 7 heteroatoms. The van der Waals surface area contributed by atoms with Crippen LogP contribution in [0.2, 0.25) is 0 Å². The molecule has 1 N–H and O–H groups in total. The van der Waals surface area contributed by atoms with Gasteiger partial charge >= 0.3 is 0 Å². The van der Waals surface area contributed by atoms with Crippen LogP contribution in [0, 0.1) is 13.8 Å². The van der Waals surface area contributed by atoms with Gasteiger partial charge in [0.15, 0.2) is 5.13 Å². The van der Waals surface area contributed by atoms with Crippen LogP contribution >= 0.6 is 28.3 Å². The SMILES string of the molecule is Br.Cc1ccc2nc(C)c(-c3csc(Nc4ccc(N(C)C)cc4)n3)n2c1. The third kappa shape index (κ3) is 3.84. The van der Waals surface area contributed by atoms with E-state index < -0.39 is 0 Å². The molecule has 0 radical (unpaired) electrons. The molecule has 0 atom stereocenters. The van der Waals surface area contributed by atoms with Crippen LogP contribution < -0.4 is 10.2 Å². The van der Waals surface area contributed by atoms with Crippen LogP contribution in [0.15, 0.2) is 48.0 Å². The van der Waals surface area contributed by atoms with E-state index in [0.717, 1.165) is 33.5 Å². The van der Waals surface area contributed by atoms with Crippen LogP contribution in [0.25, 0.3) is 17.0 Å². The standard InChI is InChI=1S/C20H21N5S.BrH/c1-13-5-10-18-21-14(2)19(25(18)11-13)17-12-26-20(23-17)22-15-6-8-16(9-7-15)24(3)4;/h5-12H,1-4H3,(H,22,23);1H. The van der Waals surface area contributed by atoms with Crippen molar-refractivity contribution in [2.75, 3.05) is 24.3 Å². The van der Waals surface area contributed by atoms with E-state index in [4.69, 9.17) is 4.98 Å². The van der Waals surface area contributed by atoms with E-state index in [0.29, 0.717) is 0 Å². The van der Waals surface area contributed by atoms with Gasteiger partial charge in [-0.15, -0.1) is 28.3 Å². The number of aryl methyl sites for hydroxylation is 2. The Hall–Kier alpha value is -2.38. The summed E-state index contributed by atoms with van der Waals surface area (Å²) in [5.41, 5.74) is 7.33. The van der Waals surface area contributed by atoms with Crippen molar-refractivity contribution in [1.29, 1.82) is 0 Å². The first kappa shape index (κ1) is 19.4. The molecule has 27 heavy (non-hydrogen) atoms. The highest BCUT2D eigenvalue weighted by Crippen LogP contribution is 2.30. The predicted molar refractivity (Wildman–Crippen MR) is 120 cm³/mol. The van der Waals surface area contributed by atoms with Gasteiger partial charge in [-0.1, -0.05) is 6.07 Å². The van der Waals surface area contributed by atoms with Crippen molar-refractivity contribution in [2.24, 2.45) is 0 Å². The van der Waals surface area contributed by atoms with E-state index in [1.54, 1.807) is 11.3 Å². The van der Waals surface area contributed by atoms with Gasteiger partial charge in [-0.3, -0.25) is 4.40 Å². The number of benzene rings is 1. The summed E-state index contributed by atoms with van der Waals surface area (Å²) in [6, 6.07) is 12.4. The summed E-state index contributed by atoms with van der Waals surface area (Å²) in [6.07, 6.45) is 2.11. The molecule has 0 spiro atoms. The van der Waals surface area contributed by atoms with Gasteiger partial charge in [-0.25, -0.2) is 9.97 Å². The number of thiazole rings is 1. The number of pyridine rings is 1. The molecule has 4 rings (SSSR count). The molecule has 0 saturated heterocycles. The minimum absolute atomic E-state index is 0. The first-order chi connectivity index (χ1) is 12.5. The third-order valence-electron chi connectivity index (χ3n) is 4.32. The van der Waals surface area contributed by atoms with Gasteiger partial charge in [-0.05, 0) is 49.7 Å². The van der Waals surface area contributed by atoms with Gasteiger partial charge in [0.1, 0.15) is 11.3 Å². The maximum atomic E-state index is 4.78. The number of rotatable bonds is 4. The maximum absolute atomic E-state index is 4.78. The predicted octanol–water partition coefficient (Wildman–Crippen LogP) is 5.46. The largest absolute Gasteiger partial charge is 0.378 e. The molecule has 140 valence electrons. The van der Waals surface area contributed by atoms with Gasteiger partial charge in [0.05, 0.1) is 11.4 Å². The lowest BCUT2D eigenvalue weighted by atomic mass is 10.2. The smallest absolute Gasteiger partial charge is 0.187 e. The first-order valence-electron chi connectivity index (χ1n) is 8.47. The zero-order valence-electron chi connectivity index (χ0n) is 15.7. The van der Waals surface area contributed by atoms with E-state index in [-0.39, 0.29) is 17.0 Å². The van der Waals surface area contributed by atoms with E-state index in [2.05, 4.69) is 68.4 Å². The molecule has 0 amide bonds. The number of imidazole rings is 1. The Balaban J connectivity index is 0.00000210. The quantitative estimate of drug-likeness (QED) is 0.454. The van der Waals surface area contributed by atoms with Crippen LogP contribution in [0.1, 0.15) is 11.3 Å². The highest BCUT2D eigenvalue weighted by atomic mass is 79.9. The minimum atomic E-state index is 0. The summed E-state index contributed by atoms with van der Waals surface area (Å²) in [6.45, 7) is 4.12. The molecule has 0 aliphatic heterocycles. The Morgan fingerprint density at radius 2 is 1.74 bits per heavy atom. The van der Waals surface area contributed by atoms with Crippen molar-refractivity contribution in [2.45, 2.75) is 13.8 Å². The minimum Gasteiger partial charge on any atom is -0.378 e. The number of nitrogens with one attached hydrogen (secondary N) is 1. The number of hydrogen-bond acceptors (Lipinski definition) is 5. The van der Waals surface area contributed by atoms with E-state index in [9.17, 15) is 0 Å². The molecule has 3 heterocycles. The monoisotopic (exact) mass is 443 g/mol. The van der Waals surface area contributed by atoms with E-state index >= 15 is 0 Å². The van der Waals surface area contributed by atoms with Crippen LogP contribution in [-0.2, 0) is 0 Å². The van der Waals surface area contributed by atoms with Gasteiger partial charge < -0.3 is 10.2 Å². The topological polar surface area (TPSA) is 45.5 Å². The average Bonchev–Trinajstić information content (AvgIpc) is 3.18. The second kappa shape index (κ2) is 7.70. The number of nitrogens with zero attached hydrogens (tertiary/aromatic N) is 4. The summed E-state index contributed by atoms with van der Waals surface area (Å²) in [5.74, 6) is 0. The molecule has 0 bridgehead atoms. The molecular weight excluding hydrogens is 422 g/mol. The van der Waals surface area contributed by atoms with Crippen molar-refractivity contribution < 1.29 is 0 Å². The summed E-state index contributed by atoms with van der Waals surface area (Å²) in [7, 11) is 4.07. The fourth-order valence-electron chi connectivity index (χ4n) is 2.98. The van der Waals surface area contributed by atoms with Gasteiger partial charge in [0.25, 0.3) is 0 Å². The molecular formula is C20H22BrN5S. The number of hydrogen-bond donors (Lipinski definition) is 1. The highest BCUT2D eigenvalue weighted by Gasteiger charge is 2.14. The molecule has 4 aromatic rings. The van der Waals surface area contributed by atoms with Crippen molar-refractivity contribution in [1.82, 2.24) is 14.4 Å². The molecule has 0 saturated carbocycles. The maximum Gasteiger partial charge on any atom is 0.187 e. The Labute approximate surface area is 173 Å². The van der Waals surface area contributed by atoms with Crippen LogP contribution in [0.5, 0.6) is 0 Å². The summed E-state index contributed by atoms with van der Waals surface area (Å²) < 4.78 is 2.12. The average molecular weight is 444 g/mol. The lowest BCUT2D eigenvalue weighted by Gasteiger charge is -2.12. The van der Waals surface area contributed by atoms with E-state index in [1.165, 1.54) is 11.3 Å². The fourth-order valence-corrected chi connectivity index (χ4v) is 3.70. The second-order valence-electron chi connectivity index (χ2n) is 6.58. The van der Waals surface area contributed by atoms with Gasteiger partial charge in [-0.2, -0.15) is 0 Å². The fraction of sp³-hybridized carbons (Fsp3) is 0.200. The molecule has 0 aliphatic carbocycles. The van der Waals surface area contributed by atoms with Crippen LogP contribution in [0.4, 0.5) is 16.5 Å². The summed E-state index contributed by atoms with van der Waals surface area (Å²) in [5, 5.41) is 6.34. The van der Waals surface area contributed by atoms with Crippen molar-refractivity contribution in [3.63, 3.8) is 0 Å². The van der Waals surface area contributed by atoms with Crippen LogP contribution in [-0.4, -0.2) is 28.5 Å². The molecule has 0 fully saturated rings. The molecule has 5 nitrogen and oxygen atoms in total. The Morgan fingerprint density at radius 1 is 1.00 bits per heavy atom. The van der Waals surface area contributed by atoms with Gasteiger partial charge in [0, 0.05) is 37.0 Å². The molecule has 0 unspecified atom stereocenters. The first-order valence-corrected chi connectivity index (χ1v) is 9.35. The van der Waals surface area contributed by atoms with E-state index in [1.807, 2.05) is 27.1 Å². The molecule has 0 aliphatic rings. The molecule has 1 aromatic carbocycles. The molecule has 3 aromatic heterocycles. The zero-order chi connectivity index (χ0) is 18.3. The Kier molecular flexibility index (Phi) is 5.53. The summed E-state index contributed by atoms with van der Waals surface area (Å²) in [4.78, 5) is 11.5. The van der Waals surface area contributed by atoms with Crippen LogP contribution in [0.3, 0.4) is 0 Å². The zero-order valence-corrected chi connectivity index (χ0v) is 18.3. The van der Waals surface area contributed by atoms with Crippen molar-refractivity contribution in [3.8, 4) is 11.4 Å². The second-order valence-corrected chi connectivity index (χ2v) is 7.44. The van der Waals surface area contributed by atoms with Crippen molar-refractivity contribution >= 4 is 50.5 Å². The lowest BCUT2D eigenvalue weighted by Crippen LogP contribution is -2.08.